The van der Waals surface area contributed by atoms with Crippen LogP contribution in [0.25, 0.3) is 16.9 Å². The van der Waals surface area contributed by atoms with Crippen LogP contribution in [0.2, 0.25) is 0 Å². The first-order valence-electron chi connectivity index (χ1n) is 11.4. The highest BCUT2D eigenvalue weighted by molar-refractivity contribution is 5.71. The van der Waals surface area contributed by atoms with E-state index >= 15 is 0 Å². The van der Waals surface area contributed by atoms with E-state index in [4.69, 9.17) is 25.9 Å². The lowest BCUT2D eigenvalue weighted by Gasteiger charge is -2.34. The molecule has 34 heavy (non-hydrogen) atoms. The van der Waals surface area contributed by atoms with Crippen LogP contribution >= 0.6 is 0 Å². The number of fused-ring (bicyclic) bond motifs is 1. The van der Waals surface area contributed by atoms with Gasteiger partial charge in [-0.05, 0) is 36.6 Å². The number of hydrogen-bond donors (Lipinski definition) is 2. The number of nitrogen functional groups attached to an aromatic ring is 1. The van der Waals surface area contributed by atoms with E-state index in [-0.39, 0.29) is 6.04 Å². The quantitative estimate of drug-likeness (QED) is 0.452. The molecule has 5 rings (SSSR count). The molecule has 0 bridgehead atoms. The van der Waals surface area contributed by atoms with Gasteiger partial charge in [0.1, 0.15) is 11.5 Å². The van der Waals surface area contributed by atoms with Gasteiger partial charge in [-0.3, -0.25) is 9.38 Å². The zero-order valence-electron chi connectivity index (χ0n) is 19.4. The smallest absolute Gasteiger partial charge is 0.180 e. The van der Waals surface area contributed by atoms with Crippen molar-refractivity contribution in [1.29, 1.82) is 0 Å². The minimum Gasteiger partial charge on any atom is -0.497 e. The number of nitrogens with two attached hydrogens (primary N) is 2. The number of methoxy groups -OCH3 is 2. The summed E-state index contributed by atoms with van der Waals surface area (Å²) in [5.74, 6) is 1.85. The number of ether oxygens (including phenoxy) is 2. The Labute approximate surface area is 198 Å². The van der Waals surface area contributed by atoms with Crippen molar-refractivity contribution < 1.29 is 9.47 Å². The van der Waals surface area contributed by atoms with E-state index in [9.17, 15) is 0 Å². The molecular weight excluding hydrogens is 430 g/mol. The average molecular weight is 460 g/mol. The molecule has 1 aromatic carbocycles. The van der Waals surface area contributed by atoms with Gasteiger partial charge in [0.25, 0.3) is 0 Å². The molecule has 0 saturated carbocycles. The minimum absolute atomic E-state index is 0.157. The molecule has 4 N–H and O–H groups in total. The summed E-state index contributed by atoms with van der Waals surface area (Å²) in [4.78, 5) is 15.8. The van der Waals surface area contributed by atoms with Crippen molar-refractivity contribution in [3.05, 3.63) is 60.3 Å². The van der Waals surface area contributed by atoms with Crippen LogP contribution in [-0.4, -0.2) is 52.7 Å². The van der Waals surface area contributed by atoms with Gasteiger partial charge >= 0.3 is 0 Å². The third-order valence-electron chi connectivity index (χ3n) is 6.35. The van der Waals surface area contributed by atoms with Gasteiger partial charge in [-0.15, -0.1) is 0 Å². The predicted molar refractivity (Wildman–Crippen MR) is 132 cm³/mol. The first-order valence-corrected chi connectivity index (χ1v) is 11.4. The van der Waals surface area contributed by atoms with Gasteiger partial charge in [0, 0.05) is 61.5 Å². The van der Waals surface area contributed by atoms with E-state index < -0.39 is 0 Å². The second-order valence-corrected chi connectivity index (χ2v) is 8.55. The molecule has 1 saturated heterocycles. The van der Waals surface area contributed by atoms with Crippen LogP contribution in [0, 0.1) is 0 Å². The first kappa shape index (κ1) is 22.0. The van der Waals surface area contributed by atoms with Crippen molar-refractivity contribution in [2.75, 3.05) is 37.9 Å². The van der Waals surface area contributed by atoms with E-state index in [0.29, 0.717) is 23.6 Å². The number of aromatic nitrogens is 4. The third kappa shape index (κ3) is 4.10. The molecule has 9 heteroatoms. The first-order chi connectivity index (χ1) is 16.6. The second kappa shape index (κ2) is 9.18. The van der Waals surface area contributed by atoms with E-state index in [1.54, 1.807) is 20.4 Å². The van der Waals surface area contributed by atoms with Crippen LogP contribution in [0.4, 0.5) is 11.5 Å². The molecule has 176 valence electrons. The van der Waals surface area contributed by atoms with Gasteiger partial charge in [0.05, 0.1) is 31.8 Å². The van der Waals surface area contributed by atoms with Crippen molar-refractivity contribution in [2.24, 2.45) is 5.73 Å². The minimum atomic E-state index is 0.157. The van der Waals surface area contributed by atoms with Crippen molar-refractivity contribution in [3.63, 3.8) is 0 Å². The van der Waals surface area contributed by atoms with Crippen molar-refractivity contribution >= 4 is 17.2 Å². The maximum absolute atomic E-state index is 6.30. The van der Waals surface area contributed by atoms with Crippen molar-refractivity contribution in [3.8, 4) is 22.8 Å². The molecule has 0 amide bonds. The predicted octanol–water partition coefficient (Wildman–Crippen LogP) is 2.91. The van der Waals surface area contributed by atoms with Gasteiger partial charge in [0.2, 0.25) is 0 Å². The Morgan fingerprint density at radius 3 is 2.76 bits per heavy atom. The van der Waals surface area contributed by atoms with Gasteiger partial charge in [0.15, 0.2) is 11.5 Å². The van der Waals surface area contributed by atoms with Crippen LogP contribution in [0.3, 0.4) is 0 Å². The highest BCUT2D eigenvalue weighted by Gasteiger charge is 2.22. The number of benzene rings is 1. The number of hydrogen-bond acceptors (Lipinski definition) is 8. The number of anilines is 2. The molecule has 0 unspecified atom stereocenters. The van der Waals surface area contributed by atoms with Gasteiger partial charge in [-0.1, -0.05) is 0 Å². The highest BCUT2D eigenvalue weighted by Crippen LogP contribution is 2.35. The Morgan fingerprint density at radius 1 is 1.09 bits per heavy atom. The fraction of sp³-hybridized carbons (Fsp3) is 0.320. The number of pyridine rings is 1. The van der Waals surface area contributed by atoms with Crippen molar-refractivity contribution in [2.45, 2.75) is 25.3 Å². The largest absolute Gasteiger partial charge is 0.497 e. The average Bonchev–Trinajstić information content (AvgIpc) is 3.27. The summed E-state index contributed by atoms with van der Waals surface area (Å²) in [6, 6.07) is 8.04. The molecule has 0 spiro atoms. The molecule has 4 heterocycles. The molecule has 4 aromatic rings. The molecule has 1 aliphatic heterocycles. The summed E-state index contributed by atoms with van der Waals surface area (Å²) in [6.07, 6.45) is 10.1. The van der Waals surface area contributed by atoms with Gasteiger partial charge in [-0.25, -0.2) is 9.97 Å². The molecular formula is C25H29N7O2. The lowest BCUT2D eigenvalue weighted by Crippen LogP contribution is -2.43. The zero-order valence-corrected chi connectivity index (χ0v) is 19.4. The highest BCUT2D eigenvalue weighted by atomic mass is 16.5. The SMILES string of the molecule is COc1ccc(-c2cc(Cc3cnc4c(N)nccn34)c(N3CCC[C@@H](N)C3)cn2)c(OC)c1. The third-order valence-corrected chi connectivity index (χ3v) is 6.35. The number of rotatable bonds is 6. The van der Waals surface area contributed by atoms with Crippen LogP contribution < -0.4 is 25.8 Å². The Kier molecular flexibility index (Phi) is 5.93. The Balaban J connectivity index is 1.60. The molecule has 9 nitrogen and oxygen atoms in total. The zero-order chi connectivity index (χ0) is 23.7. The van der Waals surface area contributed by atoms with Gasteiger partial charge in [-0.2, -0.15) is 0 Å². The lowest BCUT2D eigenvalue weighted by molar-refractivity contribution is 0.395. The number of piperidine rings is 1. The number of imidazole rings is 1. The fourth-order valence-electron chi connectivity index (χ4n) is 4.62. The van der Waals surface area contributed by atoms with Crippen molar-refractivity contribution in [1.82, 2.24) is 19.4 Å². The lowest BCUT2D eigenvalue weighted by atomic mass is 10.0. The summed E-state index contributed by atoms with van der Waals surface area (Å²) >= 11 is 0. The molecule has 3 aromatic heterocycles. The summed E-state index contributed by atoms with van der Waals surface area (Å²) in [7, 11) is 3.29. The maximum Gasteiger partial charge on any atom is 0.180 e. The molecule has 1 atom stereocenters. The maximum atomic E-state index is 6.30. The Hall–Kier alpha value is -3.85. The standard InChI is InChI=1S/C25H29N7O2/c1-33-19-5-6-20(23(12-19)34-2)21-11-16(22(14-29-21)31-8-3-4-17(26)15-31)10-18-13-30-25-24(27)28-7-9-32(18)25/h5-7,9,11-14,17H,3-4,8,10,15,26H2,1-2H3,(H2,27,28)/t17-/m1/s1. The summed E-state index contributed by atoms with van der Waals surface area (Å²) in [5, 5.41) is 0. The topological polar surface area (TPSA) is 117 Å². The van der Waals surface area contributed by atoms with Crippen LogP contribution in [0.5, 0.6) is 11.5 Å². The molecule has 0 aliphatic carbocycles. The van der Waals surface area contributed by atoms with E-state index in [0.717, 1.165) is 59.9 Å². The fourth-order valence-corrected chi connectivity index (χ4v) is 4.62. The van der Waals surface area contributed by atoms with E-state index in [1.807, 2.05) is 41.2 Å². The van der Waals surface area contributed by atoms with Crippen LogP contribution in [0.1, 0.15) is 24.1 Å². The van der Waals surface area contributed by atoms with Crippen LogP contribution in [0.15, 0.2) is 49.1 Å². The number of nitrogens with zero attached hydrogens (tertiary/aromatic N) is 5. The molecule has 1 aliphatic rings. The molecule has 0 radical (unpaired) electrons. The summed E-state index contributed by atoms with van der Waals surface area (Å²) < 4.78 is 13.0. The van der Waals surface area contributed by atoms with Gasteiger partial charge < -0.3 is 25.8 Å². The van der Waals surface area contributed by atoms with E-state index in [2.05, 4.69) is 20.9 Å². The second-order valence-electron chi connectivity index (χ2n) is 8.55. The summed E-state index contributed by atoms with van der Waals surface area (Å²) in [6.45, 7) is 1.77. The monoisotopic (exact) mass is 459 g/mol. The molecule has 1 fully saturated rings. The Morgan fingerprint density at radius 2 is 1.97 bits per heavy atom. The van der Waals surface area contributed by atoms with Crippen LogP contribution in [-0.2, 0) is 6.42 Å². The normalized spacial score (nSPS) is 16.1. The summed E-state index contributed by atoms with van der Waals surface area (Å²) in [5.41, 5.74) is 18.0. The Bertz CT molecular complexity index is 1320. The van der Waals surface area contributed by atoms with E-state index in [1.165, 1.54) is 0 Å².